The van der Waals surface area contributed by atoms with E-state index in [1.807, 2.05) is 7.11 Å². The number of nitrogens with one attached hydrogen (secondary N) is 1. The van der Waals surface area contributed by atoms with Crippen LogP contribution in [0.3, 0.4) is 0 Å². The van der Waals surface area contributed by atoms with Gasteiger partial charge in [-0.15, -0.1) is 0 Å². The highest BCUT2D eigenvalue weighted by molar-refractivity contribution is 5.00. The van der Waals surface area contributed by atoms with Crippen LogP contribution in [-0.4, -0.2) is 48.8 Å². The van der Waals surface area contributed by atoms with Gasteiger partial charge in [-0.05, 0) is 44.4 Å². The van der Waals surface area contributed by atoms with Crippen LogP contribution in [0.15, 0.2) is 0 Å². The van der Waals surface area contributed by atoms with E-state index in [9.17, 15) is 0 Å². The summed E-state index contributed by atoms with van der Waals surface area (Å²) in [6, 6.07) is 1.40. The average molecular weight is 296 g/mol. The topological polar surface area (TPSA) is 24.5 Å². The lowest BCUT2D eigenvalue weighted by molar-refractivity contribution is -0.0282. The van der Waals surface area contributed by atoms with Gasteiger partial charge in [0.1, 0.15) is 0 Å². The summed E-state index contributed by atoms with van der Waals surface area (Å²) < 4.78 is 5.67. The summed E-state index contributed by atoms with van der Waals surface area (Å²) in [5, 5.41) is 3.88. The molecule has 1 aliphatic carbocycles. The summed E-state index contributed by atoms with van der Waals surface area (Å²) in [7, 11) is 1.88. The maximum Gasteiger partial charge on any atom is 0.0586 e. The predicted molar refractivity (Wildman–Crippen MR) is 89.7 cm³/mol. The summed E-state index contributed by atoms with van der Waals surface area (Å²) in [6.07, 6.45) is 8.08. The SMILES string of the molecule is CCC1(CC)CN(C2CCCC(OC)C2)C(C(C)C)CN1. The van der Waals surface area contributed by atoms with Gasteiger partial charge in [0.15, 0.2) is 0 Å². The number of methoxy groups -OCH3 is 1. The van der Waals surface area contributed by atoms with Crippen molar-refractivity contribution in [3.8, 4) is 0 Å². The third-order valence-electron chi connectivity index (χ3n) is 6.12. The van der Waals surface area contributed by atoms with Crippen molar-refractivity contribution in [3.05, 3.63) is 0 Å². The van der Waals surface area contributed by atoms with Crippen molar-refractivity contribution in [2.75, 3.05) is 20.2 Å². The zero-order valence-electron chi connectivity index (χ0n) is 14.8. The van der Waals surface area contributed by atoms with E-state index in [2.05, 4.69) is 37.9 Å². The fourth-order valence-corrected chi connectivity index (χ4v) is 4.34. The quantitative estimate of drug-likeness (QED) is 0.841. The van der Waals surface area contributed by atoms with Crippen LogP contribution in [0.25, 0.3) is 0 Å². The van der Waals surface area contributed by atoms with E-state index in [0.29, 0.717) is 23.6 Å². The minimum absolute atomic E-state index is 0.325. The number of piperazine rings is 1. The zero-order chi connectivity index (χ0) is 15.5. The molecule has 3 nitrogen and oxygen atoms in total. The van der Waals surface area contributed by atoms with E-state index in [0.717, 1.165) is 12.6 Å². The second-order valence-corrected chi connectivity index (χ2v) is 7.53. The lowest BCUT2D eigenvalue weighted by Gasteiger charge is -2.53. The molecule has 0 aromatic carbocycles. The molecule has 3 atom stereocenters. The third-order valence-corrected chi connectivity index (χ3v) is 6.12. The Hall–Kier alpha value is -0.120. The Kier molecular flexibility index (Phi) is 6.10. The van der Waals surface area contributed by atoms with Crippen LogP contribution in [0, 0.1) is 5.92 Å². The molecule has 1 N–H and O–H groups in total. The first-order valence-corrected chi connectivity index (χ1v) is 9.08. The van der Waals surface area contributed by atoms with E-state index >= 15 is 0 Å². The Balaban J connectivity index is 2.13. The molecule has 1 heterocycles. The molecule has 1 saturated heterocycles. The normalized spacial score (nSPS) is 34.3. The van der Waals surface area contributed by atoms with Gasteiger partial charge in [0, 0.05) is 37.8 Å². The van der Waals surface area contributed by atoms with Crippen molar-refractivity contribution < 1.29 is 4.74 Å². The zero-order valence-corrected chi connectivity index (χ0v) is 14.8. The summed E-state index contributed by atoms with van der Waals surface area (Å²) >= 11 is 0. The van der Waals surface area contributed by atoms with Crippen LogP contribution in [0.4, 0.5) is 0 Å². The van der Waals surface area contributed by atoms with Crippen LogP contribution in [0.5, 0.6) is 0 Å². The summed E-state index contributed by atoms with van der Waals surface area (Å²) in [5.74, 6) is 0.715. The van der Waals surface area contributed by atoms with Crippen molar-refractivity contribution in [3.63, 3.8) is 0 Å². The van der Waals surface area contributed by atoms with Gasteiger partial charge in [-0.25, -0.2) is 0 Å². The summed E-state index contributed by atoms with van der Waals surface area (Å²) in [4.78, 5) is 2.85. The molecule has 3 heteroatoms. The Morgan fingerprint density at radius 2 is 1.95 bits per heavy atom. The third kappa shape index (κ3) is 3.80. The van der Waals surface area contributed by atoms with Gasteiger partial charge >= 0.3 is 0 Å². The molecule has 0 spiro atoms. The van der Waals surface area contributed by atoms with Crippen molar-refractivity contribution in [2.24, 2.45) is 5.92 Å². The Morgan fingerprint density at radius 1 is 1.24 bits per heavy atom. The van der Waals surface area contributed by atoms with Gasteiger partial charge in [-0.2, -0.15) is 0 Å². The fraction of sp³-hybridized carbons (Fsp3) is 1.00. The lowest BCUT2D eigenvalue weighted by Crippen LogP contribution is -2.67. The number of nitrogens with zero attached hydrogens (tertiary/aromatic N) is 1. The molecular weight excluding hydrogens is 260 g/mol. The standard InChI is InChI=1S/C18H36N2O/c1-6-18(7-2)13-20(17(12-19-18)14(3)4)15-9-8-10-16(11-15)21-5/h14-17,19H,6-13H2,1-5H3. The summed E-state index contributed by atoms with van der Waals surface area (Å²) in [6.45, 7) is 11.8. The molecule has 1 saturated carbocycles. The van der Waals surface area contributed by atoms with Crippen molar-refractivity contribution in [1.82, 2.24) is 10.2 Å². The second kappa shape index (κ2) is 7.43. The van der Waals surface area contributed by atoms with E-state index in [1.165, 1.54) is 45.1 Å². The van der Waals surface area contributed by atoms with Crippen LogP contribution < -0.4 is 5.32 Å². The molecule has 2 rings (SSSR count). The van der Waals surface area contributed by atoms with Gasteiger partial charge in [0.05, 0.1) is 6.10 Å². The number of hydrogen-bond acceptors (Lipinski definition) is 3. The first-order chi connectivity index (χ1) is 10.0. The van der Waals surface area contributed by atoms with Crippen molar-refractivity contribution in [2.45, 2.75) is 89.9 Å². The van der Waals surface area contributed by atoms with Gasteiger partial charge in [-0.1, -0.05) is 27.7 Å². The average Bonchev–Trinajstić information content (AvgIpc) is 2.54. The van der Waals surface area contributed by atoms with Crippen molar-refractivity contribution in [1.29, 1.82) is 0 Å². The molecule has 3 unspecified atom stereocenters. The van der Waals surface area contributed by atoms with Crippen molar-refractivity contribution >= 4 is 0 Å². The molecule has 0 radical (unpaired) electrons. The van der Waals surface area contributed by atoms with E-state index in [1.54, 1.807) is 0 Å². The van der Waals surface area contributed by atoms with E-state index < -0.39 is 0 Å². The molecule has 0 amide bonds. The van der Waals surface area contributed by atoms with Gasteiger partial charge in [-0.3, -0.25) is 4.90 Å². The first-order valence-electron chi connectivity index (χ1n) is 9.08. The number of ether oxygens (including phenoxy) is 1. The molecule has 0 aromatic rings. The van der Waals surface area contributed by atoms with Crippen LogP contribution >= 0.6 is 0 Å². The Bertz CT molecular complexity index is 314. The Morgan fingerprint density at radius 3 is 2.52 bits per heavy atom. The smallest absolute Gasteiger partial charge is 0.0586 e. The van der Waals surface area contributed by atoms with E-state index in [-0.39, 0.29) is 0 Å². The fourth-order valence-electron chi connectivity index (χ4n) is 4.34. The van der Waals surface area contributed by atoms with Gasteiger partial charge < -0.3 is 10.1 Å². The predicted octanol–water partition coefficient (Wildman–Crippen LogP) is 3.43. The molecule has 0 bridgehead atoms. The minimum atomic E-state index is 0.325. The van der Waals surface area contributed by atoms with Gasteiger partial charge in [0.2, 0.25) is 0 Å². The number of hydrogen-bond donors (Lipinski definition) is 1. The molecule has 0 aromatic heterocycles. The Labute approximate surface area is 131 Å². The lowest BCUT2D eigenvalue weighted by atomic mass is 9.82. The maximum atomic E-state index is 5.67. The molecule has 21 heavy (non-hydrogen) atoms. The highest BCUT2D eigenvalue weighted by Gasteiger charge is 2.41. The minimum Gasteiger partial charge on any atom is -0.381 e. The molecule has 2 fully saturated rings. The monoisotopic (exact) mass is 296 g/mol. The van der Waals surface area contributed by atoms with E-state index in [4.69, 9.17) is 4.74 Å². The highest BCUT2D eigenvalue weighted by atomic mass is 16.5. The summed E-state index contributed by atoms with van der Waals surface area (Å²) in [5.41, 5.74) is 0.325. The molecule has 1 aliphatic heterocycles. The maximum absolute atomic E-state index is 5.67. The highest BCUT2D eigenvalue weighted by Crippen LogP contribution is 2.33. The largest absolute Gasteiger partial charge is 0.381 e. The van der Waals surface area contributed by atoms with Crippen LogP contribution in [-0.2, 0) is 4.74 Å². The molecule has 2 aliphatic rings. The van der Waals surface area contributed by atoms with Crippen LogP contribution in [0.1, 0.15) is 66.2 Å². The molecule has 124 valence electrons. The first kappa shape index (κ1) is 17.2. The van der Waals surface area contributed by atoms with Crippen LogP contribution in [0.2, 0.25) is 0 Å². The molecular formula is C18H36N2O. The second-order valence-electron chi connectivity index (χ2n) is 7.53. The number of rotatable bonds is 5. The van der Waals surface area contributed by atoms with Gasteiger partial charge in [0.25, 0.3) is 0 Å².